The summed E-state index contributed by atoms with van der Waals surface area (Å²) in [6, 6.07) is 1.54. The summed E-state index contributed by atoms with van der Waals surface area (Å²) in [4.78, 5) is 0. The fraction of sp³-hybridized carbons (Fsp3) is 0.750. The van der Waals surface area contributed by atoms with E-state index in [0.717, 1.165) is 0 Å². The van der Waals surface area contributed by atoms with Gasteiger partial charge in [-0.05, 0) is 13.8 Å². The highest BCUT2D eigenvalue weighted by Crippen LogP contribution is 2.09. The molecule has 0 aromatic rings. The number of hydrogen-bond acceptors (Lipinski definition) is 6. The van der Waals surface area contributed by atoms with Crippen LogP contribution in [0, 0.1) is 11.3 Å². The minimum atomic E-state index is -4.67. The second-order valence-corrected chi connectivity index (χ2v) is 4.50. The van der Waals surface area contributed by atoms with Crippen LogP contribution in [-0.2, 0) is 25.0 Å². The molecule has 0 rings (SSSR count). The van der Waals surface area contributed by atoms with Crippen LogP contribution in [0.3, 0.4) is 0 Å². The van der Waals surface area contributed by atoms with Gasteiger partial charge in [0, 0.05) is 0 Å². The van der Waals surface area contributed by atoms with Crippen molar-refractivity contribution in [2.45, 2.75) is 19.4 Å². The molecule has 3 N–H and O–H groups in total. The van der Waals surface area contributed by atoms with Crippen LogP contribution in [0.25, 0.3) is 0 Å². The average molecular weight is 263 g/mol. The van der Waals surface area contributed by atoms with Crippen molar-refractivity contribution >= 4 is 20.8 Å². The first-order valence-electron chi connectivity index (χ1n) is 3.06. The van der Waals surface area contributed by atoms with E-state index in [2.05, 4.69) is 4.18 Å². The van der Waals surface area contributed by atoms with Crippen LogP contribution in [0.5, 0.6) is 0 Å². The van der Waals surface area contributed by atoms with Crippen molar-refractivity contribution in [3.05, 3.63) is 0 Å². The Bertz CT molecular complexity index is 418. The third-order valence-electron chi connectivity index (χ3n) is 0.583. The second-order valence-electron chi connectivity index (χ2n) is 2.58. The molecule has 9 nitrogen and oxygen atoms in total. The first-order chi connectivity index (χ1) is 6.27. The Hall–Kier alpha value is -0.770. The molecule has 0 spiro atoms. The smallest absolute Gasteiger partial charge is 0.264 e. The predicted molar refractivity (Wildman–Crippen MR) is 46.5 cm³/mol. The fourth-order valence-corrected chi connectivity index (χ4v) is 0.846. The minimum Gasteiger partial charge on any atom is -0.264 e. The summed E-state index contributed by atoms with van der Waals surface area (Å²) >= 11 is 0. The van der Waals surface area contributed by atoms with Crippen LogP contribution in [0.2, 0.25) is 0 Å². The van der Waals surface area contributed by atoms with Crippen molar-refractivity contribution in [2.75, 3.05) is 0 Å². The van der Waals surface area contributed by atoms with Crippen LogP contribution < -0.4 is 0 Å². The quantitative estimate of drug-likeness (QED) is 0.555. The van der Waals surface area contributed by atoms with Gasteiger partial charge in [0.2, 0.25) is 0 Å². The Balaban J connectivity index is 0. The van der Waals surface area contributed by atoms with Gasteiger partial charge < -0.3 is 0 Å². The molecule has 0 aliphatic carbocycles. The Labute approximate surface area is 86.8 Å². The van der Waals surface area contributed by atoms with Crippen molar-refractivity contribution < 1.29 is 34.7 Å². The molecule has 0 saturated carbocycles. The van der Waals surface area contributed by atoms with Gasteiger partial charge in [-0.2, -0.15) is 22.1 Å². The lowest BCUT2D eigenvalue weighted by molar-refractivity contribution is 0.153. The second kappa shape index (κ2) is 5.35. The maximum atomic E-state index is 9.99. The zero-order valence-electron chi connectivity index (χ0n) is 7.65. The first-order valence-corrected chi connectivity index (χ1v) is 5.82. The number of nitriles is 1. The summed E-state index contributed by atoms with van der Waals surface area (Å²) in [6.07, 6.45) is 0. The number of nitrogens with zero attached hydrogens (tertiary/aromatic N) is 1. The van der Waals surface area contributed by atoms with Crippen molar-refractivity contribution in [1.82, 2.24) is 0 Å². The van der Waals surface area contributed by atoms with Gasteiger partial charge >= 0.3 is 20.8 Å². The maximum absolute atomic E-state index is 9.99. The van der Waals surface area contributed by atoms with Crippen LogP contribution in [-0.4, -0.2) is 36.1 Å². The summed E-state index contributed by atoms with van der Waals surface area (Å²) < 4.78 is 63.6. The zero-order valence-corrected chi connectivity index (χ0v) is 9.28. The third kappa shape index (κ3) is 24.6. The molecule has 0 heterocycles. The van der Waals surface area contributed by atoms with E-state index < -0.39 is 26.4 Å². The van der Waals surface area contributed by atoms with Gasteiger partial charge in [-0.25, -0.2) is 4.18 Å². The summed E-state index contributed by atoms with van der Waals surface area (Å²) in [5.74, 6) is 0. The van der Waals surface area contributed by atoms with Crippen LogP contribution in [0.1, 0.15) is 13.8 Å². The van der Waals surface area contributed by atoms with E-state index >= 15 is 0 Å². The molecule has 0 bridgehead atoms. The number of hydrogen-bond donors (Lipinski definition) is 3. The standard InChI is InChI=1S/C4H7NO4S.H2O4S/c1-4(2,3-5)9-10(6,7)8;1-5(2,3)4/h1-2H3,(H,6,7,8);(H2,1,2,3,4). The van der Waals surface area contributed by atoms with E-state index in [0.29, 0.717) is 0 Å². The Kier molecular flexibility index (Phi) is 5.94. The molecule has 90 valence electrons. The van der Waals surface area contributed by atoms with E-state index in [-0.39, 0.29) is 0 Å². The molecule has 0 fully saturated rings. The molecule has 0 aliphatic rings. The fourth-order valence-electron chi connectivity index (χ4n) is 0.282. The van der Waals surface area contributed by atoms with Crippen LogP contribution >= 0.6 is 0 Å². The molecular weight excluding hydrogens is 254 g/mol. The highest BCUT2D eigenvalue weighted by atomic mass is 32.3. The van der Waals surface area contributed by atoms with Gasteiger partial charge in [-0.15, -0.1) is 0 Å². The highest BCUT2D eigenvalue weighted by Gasteiger charge is 2.24. The lowest BCUT2D eigenvalue weighted by Gasteiger charge is -2.11. The lowest BCUT2D eigenvalue weighted by atomic mass is 10.2. The van der Waals surface area contributed by atoms with Crippen molar-refractivity contribution in [3.63, 3.8) is 0 Å². The summed E-state index contributed by atoms with van der Waals surface area (Å²) in [6.45, 7) is 2.45. The summed E-state index contributed by atoms with van der Waals surface area (Å²) in [5, 5.41) is 8.21. The Morgan fingerprint density at radius 1 is 1.13 bits per heavy atom. The van der Waals surface area contributed by atoms with E-state index in [4.69, 9.17) is 27.3 Å². The average Bonchev–Trinajstić information content (AvgIpc) is 1.77. The van der Waals surface area contributed by atoms with Crippen LogP contribution in [0.4, 0.5) is 0 Å². The first kappa shape index (κ1) is 16.7. The molecule has 11 heteroatoms. The maximum Gasteiger partial charge on any atom is 0.398 e. The normalized spacial score (nSPS) is 12.3. The topological polar surface area (TPSA) is 162 Å². The third-order valence-corrected chi connectivity index (χ3v) is 1.21. The molecular formula is C4H9NO8S2. The van der Waals surface area contributed by atoms with Gasteiger partial charge in [0.25, 0.3) is 0 Å². The molecule has 0 saturated heterocycles. The van der Waals surface area contributed by atoms with Gasteiger partial charge in [0.1, 0.15) is 0 Å². The van der Waals surface area contributed by atoms with Gasteiger partial charge in [0.05, 0.1) is 6.07 Å². The lowest BCUT2D eigenvalue weighted by Crippen LogP contribution is -2.25. The predicted octanol–water partition coefficient (Wildman–Crippen LogP) is -0.545. The minimum absolute atomic E-state index is 1.22. The number of rotatable bonds is 2. The molecule has 0 aromatic carbocycles. The Morgan fingerprint density at radius 2 is 1.40 bits per heavy atom. The SMILES string of the molecule is CC(C)(C#N)OS(=O)(=O)O.O=S(=O)(O)O. The Morgan fingerprint density at radius 3 is 1.47 bits per heavy atom. The van der Waals surface area contributed by atoms with E-state index in [1.54, 1.807) is 0 Å². The van der Waals surface area contributed by atoms with Gasteiger partial charge in [0.15, 0.2) is 5.60 Å². The van der Waals surface area contributed by atoms with Crippen molar-refractivity contribution in [1.29, 1.82) is 5.26 Å². The van der Waals surface area contributed by atoms with Gasteiger partial charge in [-0.1, -0.05) is 0 Å². The van der Waals surface area contributed by atoms with E-state index in [1.165, 1.54) is 19.9 Å². The van der Waals surface area contributed by atoms with Crippen molar-refractivity contribution in [3.8, 4) is 6.07 Å². The summed E-state index contributed by atoms with van der Waals surface area (Å²) in [7, 11) is -9.18. The molecule has 0 aliphatic heterocycles. The van der Waals surface area contributed by atoms with Gasteiger partial charge in [-0.3, -0.25) is 13.7 Å². The molecule has 0 radical (unpaired) electrons. The molecule has 0 unspecified atom stereocenters. The molecule has 0 amide bonds. The highest BCUT2D eigenvalue weighted by molar-refractivity contribution is 7.81. The monoisotopic (exact) mass is 263 g/mol. The largest absolute Gasteiger partial charge is 0.398 e. The van der Waals surface area contributed by atoms with Crippen LogP contribution in [0.15, 0.2) is 0 Å². The van der Waals surface area contributed by atoms with E-state index in [1.807, 2.05) is 0 Å². The molecule has 0 aromatic heterocycles. The van der Waals surface area contributed by atoms with E-state index in [9.17, 15) is 8.42 Å². The molecule has 15 heavy (non-hydrogen) atoms. The van der Waals surface area contributed by atoms with Crippen molar-refractivity contribution in [2.24, 2.45) is 0 Å². The summed E-state index contributed by atoms with van der Waals surface area (Å²) in [5.41, 5.74) is -1.51. The molecule has 0 atom stereocenters. The zero-order chi connectivity index (χ0) is 12.9.